The lowest BCUT2D eigenvalue weighted by molar-refractivity contribution is 0.567. The Bertz CT molecular complexity index is 520. The zero-order chi connectivity index (χ0) is 11.5. The maximum absolute atomic E-state index is 5.31. The molecule has 0 atom stereocenters. The van der Waals surface area contributed by atoms with Crippen LogP contribution in [0, 0.1) is 4.64 Å². The molecule has 0 saturated heterocycles. The molecule has 0 aliphatic heterocycles. The van der Waals surface area contributed by atoms with Gasteiger partial charge in [-0.15, -0.1) is 0 Å². The highest BCUT2D eigenvalue weighted by Crippen LogP contribution is 2.16. The second kappa shape index (κ2) is 4.65. The van der Waals surface area contributed by atoms with Crippen LogP contribution in [-0.2, 0) is 13.6 Å². The number of hydrogen-bond acceptors (Lipinski definition) is 2. The lowest BCUT2D eigenvalue weighted by Crippen LogP contribution is -2.00. The summed E-state index contributed by atoms with van der Waals surface area (Å²) >= 11 is 5.31. The van der Waals surface area contributed by atoms with Crippen LogP contribution in [0.1, 0.15) is 19.8 Å². The predicted octanol–water partition coefficient (Wildman–Crippen LogP) is 2.75. The molecule has 1 N–H and O–H groups in total. The first-order valence-corrected chi connectivity index (χ1v) is 5.91. The second-order valence-electron chi connectivity index (χ2n) is 3.85. The Kier molecular flexibility index (Phi) is 3.24. The Labute approximate surface area is 99.9 Å². The van der Waals surface area contributed by atoms with E-state index in [1.807, 2.05) is 28.5 Å². The molecule has 0 unspecified atom stereocenters. The number of aromatic nitrogens is 4. The fourth-order valence-electron chi connectivity index (χ4n) is 1.69. The first-order valence-electron chi connectivity index (χ1n) is 5.50. The fourth-order valence-corrected chi connectivity index (χ4v) is 1.94. The van der Waals surface area contributed by atoms with E-state index >= 15 is 0 Å². The molecule has 2 aromatic heterocycles. The Morgan fingerprint density at radius 1 is 1.50 bits per heavy atom. The van der Waals surface area contributed by atoms with E-state index in [9.17, 15) is 0 Å². The molecule has 0 amide bonds. The first-order chi connectivity index (χ1) is 7.72. The highest BCUT2D eigenvalue weighted by molar-refractivity contribution is 7.71. The van der Waals surface area contributed by atoms with Crippen LogP contribution in [0.25, 0.3) is 11.4 Å². The lowest BCUT2D eigenvalue weighted by Gasteiger charge is -2.01. The molecule has 2 heterocycles. The number of nitrogens with one attached hydrogen (secondary N) is 1. The quantitative estimate of drug-likeness (QED) is 0.829. The average Bonchev–Trinajstić information content (AvgIpc) is 2.82. The van der Waals surface area contributed by atoms with Crippen molar-refractivity contribution in [3.05, 3.63) is 23.0 Å². The van der Waals surface area contributed by atoms with E-state index in [4.69, 9.17) is 12.2 Å². The summed E-state index contributed by atoms with van der Waals surface area (Å²) in [5.41, 5.74) is 2.09. The third-order valence-corrected chi connectivity index (χ3v) is 2.96. The molecule has 0 saturated carbocycles. The summed E-state index contributed by atoms with van der Waals surface area (Å²) in [6.45, 7) is 3.13. The van der Waals surface area contributed by atoms with Crippen LogP contribution in [-0.4, -0.2) is 19.6 Å². The standard InChI is InChI=1S/C11H16N4S/c1-3-4-7-15-11(16)8-9(13-15)10-5-6-12-14(10)2/h5-6,8,13H,3-4,7H2,1-2H3. The minimum atomic E-state index is 0.852. The van der Waals surface area contributed by atoms with Crippen molar-refractivity contribution >= 4 is 12.2 Å². The summed E-state index contributed by atoms with van der Waals surface area (Å²) in [7, 11) is 1.93. The van der Waals surface area contributed by atoms with Gasteiger partial charge in [-0.2, -0.15) is 5.10 Å². The normalized spacial score (nSPS) is 10.9. The Hall–Kier alpha value is -1.36. The molecule has 0 radical (unpaired) electrons. The molecule has 2 aromatic rings. The van der Waals surface area contributed by atoms with Gasteiger partial charge in [0.2, 0.25) is 0 Å². The van der Waals surface area contributed by atoms with Crippen molar-refractivity contribution in [2.75, 3.05) is 0 Å². The fraction of sp³-hybridized carbons (Fsp3) is 0.455. The van der Waals surface area contributed by atoms with Crippen LogP contribution in [0.2, 0.25) is 0 Å². The third kappa shape index (κ3) is 2.09. The van der Waals surface area contributed by atoms with Gasteiger partial charge in [0, 0.05) is 25.9 Å². The average molecular weight is 236 g/mol. The van der Waals surface area contributed by atoms with E-state index < -0.39 is 0 Å². The van der Waals surface area contributed by atoms with Crippen molar-refractivity contribution < 1.29 is 0 Å². The minimum absolute atomic E-state index is 0.852. The number of aromatic amines is 1. The molecule has 0 aliphatic rings. The highest BCUT2D eigenvalue weighted by atomic mass is 32.1. The van der Waals surface area contributed by atoms with Crippen LogP contribution in [0.15, 0.2) is 18.3 Å². The van der Waals surface area contributed by atoms with Crippen molar-refractivity contribution in [1.29, 1.82) is 0 Å². The SMILES string of the molecule is CCCCn1[nH]c(-c2ccnn2C)cc1=S. The van der Waals surface area contributed by atoms with Crippen LogP contribution < -0.4 is 0 Å². The maximum Gasteiger partial charge on any atom is 0.122 e. The van der Waals surface area contributed by atoms with E-state index in [1.165, 1.54) is 6.42 Å². The van der Waals surface area contributed by atoms with E-state index in [1.54, 1.807) is 6.20 Å². The van der Waals surface area contributed by atoms with Crippen molar-refractivity contribution in [2.24, 2.45) is 7.05 Å². The molecular weight excluding hydrogens is 220 g/mol. The second-order valence-corrected chi connectivity index (χ2v) is 4.27. The van der Waals surface area contributed by atoms with Gasteiger partial charge in [0.15, 0.2) is 0 Å². The third-order valence-electron chi connectivity index (χ3n) is 2.62. The van der Waals surface area contributed by atoms with Crippen molar-refractivity contribution in [3.63, 3.8) is 0 Å². The van der Waals surface area contributed by atoms with Crippen molar-refractivity contribution in [2.45, 2.75) is 26.3 Å². The Morgan fingerprint density at radius 2 is 2.31 bits per heavy atom. The summed E-state index contributed by atoms with van der Waals surface area (Å²) in [6.07, 6.45) is 4.09. The zero-order valence-corrected chi connectivity index (χ0v) is 10.4. The Morgan fingerprint density at radius 3 is 2.94 bits per heavy atom. The monoisotopic (exact) mass is 236 g/mol. The number of aryl methyl sites for hydroxylation is 2. The van der Waals surface area contributed by atoms with E-state index in [-0.39, 0.29) is 0 Å². The minimum Gasteiger partial charge on any atom is -0.295 e. The Balaban J connectivity index is 2.31. The van der Waals surface area contributed by atoms with Gasteiger partial charge >= 0.3 is 0 Å². The summed E-state index contributed by atoms with van der Waals surface area (Å²) in [4.78, 5) is 0. The smallest absolute Gasteiger partial charge is 0.122 e. The molecular formula is C11H16N4S. The summed E-state index contributed by atoms with van der Waals surface area (Å²) < 4.78 is 4.70. The van der Waals surface area contributed by atoms with Crippen molar-refractivity contribution in [1.82, 2.24) is 19.6 Å². The van der Waals surface area contributed by atoms with Gasteiger partial charge in [0.05, 0.1) is 11.4 Å². The number of unbranched alkanes of at least 4 members (excludes halogenated alkanes) is 1. The van der Waals surface area contributed by atoms with Gasteiger partial charge in [-0.3, -0.25) is 14.5 Å². The molecule has 4 nitrogen and oxygen atoms in total. The largest absolute Gasteiger partial charge is 0.295 e. The van der Waals surface area contributed by atoms with Crippen LogP contribution in [0.4, 0.5) is 0 Å². The van der Waals surface area contributed by atoms with Gasteiger partial charge in [-0.25, -0.2) is 0 Å². The maximum atomic E-state index is 5.31. The van der Waals surface area contributed by atoms with E-state index in [0.717, 1.165) is 29.0 Å². The zero-order valence-electron chi connectivity index (χ0n) is 9.60. The number of H-pyrrole nitrogens is 1. The van der Waals surface area contributed by atoms with Crippen molar-refractivity contribution in [3.8, 4) is 11.4 Å². The van der Waals surface area contributed by atoms with Gasteiger partial charge < -0.3 is 0 Å². The molecule has 2 rings (SSSR count). The molecule has 0 fully saturated rings. The molecule has 0 bridgehead atoms. The lowest BCUT2D eigenvalue weighted by atomic mass is 10.3. The number of nitrogens with zero attached hydrogens (tertiary/aromatic N) is 3. The van der Waals surface area contributed by atoms with Gasteiger partial charge in [-0.05, 0) is 12.5 Å². The molecule has 0 aliphatic carbocycles. The van der Waals surface area contributed by atoms with Crippen LogP contribution in [0.3, 0.4) is 0 Å². The highest BCUT2D eigenvalue weighted by Gasteiger charge is 2.06. The van der Waals surface area contributed by atoms with E-state index in [0.29, 0.717) is 0 Å². The number of rotatable bonds is 4. The number of hydrogen-bond donors (Lipinski definition) is 1. The topological polar surface area (TPSA) is 38.5 Å². The van der Waals surface area contributed by atoms with Crippen LogP contribution >= 0.6 is 12.2 Å². The van der Waals surface area contributed by atoms with E-state index in [2.05, 4.69) is 17.1 Å². The first kappa shape index (κ1) is 11.1. The van der Waals surface area contributed by atoms with Gasteiger partial charge in [-0.1, -0.05) is 25.6 Å². The summed E-state index contributed by atoms with van der Waals surface area (Å²) in [5, 5.41) is 7.46. The molecule has 16 heavy (non-hydrogen) atoms. The predicted molar refractivity (Wildman–Crippen MR) is 66.7 cm³/mol. The summed E-state index contributed by atoms with van der Waals surface area (Å²) in [6, 6.07) is 3.97. The van der Waals surface area contributed by atoms with Crippen LogP contribution in [0.5, 0.6) is 0 Å². The van der Waals surface area contributed by atoms with Gasteiger partial charge in [0.1, 0.15) is 4.64 Å². The van der Waals surface area contributed by atoms with Gasteiger partial charge in [0.25, 0.3) is 0 Å². The molecule has 0 spiro atoms. The molecule has 86 valence electrons. The summed E-state index contributed by atoms with van der Waals surface area (Å²) in [5.74, 6) is 0. The molecule has 0 aromatic carbocycles. The molecule has 5 heteroatoms.